The molecule has 0 radical (unpaired) electrons. The largest absolute Gasteiger partial charge is 0.416 e. The first-order valence-corrected chi connectivity index (χ1v) is 9.62. The lowest BCUT2D eigenvalue weighted by Gasteiger charge is -2.54. The lowest BCUT2D eigenvalue weighted by Crippen LogP contribution is -2.56. The molecule has 156 valence electrons. The summed E-state index contributed by atoms with van der Waals surface area (Å²) in [7, 11) is 1.53. The minimum absolute atomic E-state index is 0.0622. The van der Waals surface area contributed by atoms with Crippen LogP contribution in [0.5, 0.6) is 0 Å². The molecule has 2 aliphatic rings. The van der Waals surface area contributed by atoms with E-state index in [4.69, 9.17) is 9.47 Å². The highest BCUT2D eigenvalue weighted by atomic mass is 19.4. The van der Waals surface area contributed by atoms with Crippen LogP contribution in [0.2, 0.25) is 0 Å². The van der Waals surface area contributed by atoms with Crippen molar-refractivity contribution in [1.82, 2.24) is 10.6 Å². The first kappa shape index (κ1) is 20.9. The number of methoxy groups -OCH3 is 1. The third kappa shape index (κ3) is 5.17. The number of hydrogen-bond acceptors (Lipinski definition) is 3. The predicted octanol–water partition coefficient (Wildman–Crippen LogP) is 4.04. The number of urea groups is 1. The summed E-state index contributed by atoms with van der Waals surface area (Å²) in [5, 5.41) is 5.70. The highest BCUT2D eigenvalue weighted by Gasteiger charge is 2.48. The molecule has 2 aliphatic carbocycles. The Morgan fingerprint density at radius 2 is 2.04 bits per heavy atom. The molecule has 2 N–H and O–H groups in total. The van der Waals surface area contributed by atoms with Crippen molar-refractivity contribution in [3.05, 3.63) is 35.4 Å². The second-order valence-electron chi connectivity index (χ2n) is 7.82. The molecule has 0 aromatic heterocycles. The van der Waals surface area contributed by atoms with Crippen LogP contribution in [0.25, 0.3) is 0 Å². The Balaban J connectivity index is 1.60. The lowest BCUT2D eigenvalue weighted by molar-refractivity contribution is -0.137. The van der Waals surface area contributed by atoms with Gasteiger partial charge in [-0.2, -0.15) is 13.2 Å². The third-order valence-corrected chi connectivity index (χ3v) is 5.75. The number of rotatable bonds is 8. The van der Waals surface area contributed by atoms with E-state index in [9.17, 15) is 18.0 Å². The summed E-state index contributed by atoms with van der Waals surface area (Å²) in [5.74, 6) is 0. The minimum atomic E-state index is -4.44. The van der Waals surface area contributed by atoms with E-state index < -0.39 is 17.8 Å². The molecule has 1 unspecified atom stereocenters. The van der Waals surface area contributed by atoms with Crippen molar-refractivity contribution in [3.63, 3.8) is 0 Å². The van der Waals surface area contributed by atoms with Gasteiger partial charge < -0.3 is 20.1 Å². The molecule has 2 amide bonds. The maximum absolute atomic E-state index is 13.0. The smallest absolute Gasteiger partial charge is 0.382 e. The van der Waals surface area contributed by atoms with Crippen LogP contribution in [0.3, 0.4) is 0 Å². The van der Waals surface area contributed by atoms with Crippen LogP contribution in [0.4, 0.5) is 18.0 Å². The molecule has 0 bridgehead atoms. The highest BCUT2D eigenvalue weighted by Crippen LogP contribution is 2.55. The van der Waals surface area contributed by atoms with Crippen molar-refractivity contribution >= 4 is 6.03 Å². The number of amides is 2. The Hall–Kier alpha value is -1.80. The fraction of sp³-hybridized carbons (Fsp3) is 0.650. The summed E-state index contributed by atoms with van der Waals surface area (Å²) < 4.78 is 49.5. The second-order valence-corrected chi connectivity index (χ2v) is 7.82. The number of benzene rings is 1. The van der Waals surface area contributed by atoms with Gasteiger partial charge in [0, 0.05) is 13.2 Å². The quantitative estimate of drug-likeness (QED) is 0.648. The molecule has 1 aromatic carbocycles. The topological polar surface area (TPSA) is 59.6 Å². The fourth-order valence-electron chi connectivity index (χ4n) is 4.05. The second kappa shape index (κ2) is 8.69. The van der Waals surface area contributed by atoms with Crippen molar-refractivity contribution in [2.45, 2.75) is 50.4 Å². The molecule has 1 atom stereocenters. The normalized spacial score (nSPS) is 19.6. The van der Waals surface area contributed by atoms with Crippen molar-refractivity contribution in [2.24, 2.45) is 5.41 Å². The first-order chi connectivity index (χ1) is 13.3. The maximum atomic E-state index is 13.0. The van der Waals surface area contributed by atoms with Crippen LogP contribution in [-0.2, 0) is 15.7 Å². The summed E-state index contributed by atoms with van der Waals surface area (Å²) in [6.45, 7) is 0.721. The van der Waals surface area contributed by atoms with E-state index in [1.54, 1.807) is 6.07 Å². The molecular weight excluding hydrogens is 373 g/mol. The van der Waals surface area contributed by atoms with Crippen LogP contribution in [0.15, 0.2) is 24.3 Å². The van der Waals surface area contributed by atoms with Gasteiger partial charge in [-0.15, -0.1) is 0 Å². The highest BCUT2D eigenvalue weighted by molar-refractivity contribution is 5.75. The number of carbonyl (C=O) groups excluding carboxylic acids is 1. The van der Waals surface area contributed by atoms with Crippen LogP contribution in [-0.4, -0.2) is 39.0 Å². The molecule has 3 rings (SSSR count). The summed E-state index contributed by atoms with van der Waals surface area (Å²) >= 11 is 0. The van der Waals surface area contributed by atoms with Crippen LogP contribution in [0, 0.1) is 5.41 Å². The van der Waals surface area contributed by atoms with E-state index in [0.29, 0.717) is 24.2 Å². The molecule has 5 nitrogen and oxygen atoms in total. The molecule has 2 fully saturated rings. The van der Waals surface area contributed by atoms with Crippen LogP contribution >= 0.6 is 0 Å². The average Bonchev–Trinajstić information content (AvgIpc) is 2.58. The number of hydrogen-bond donors (Lipinski definition) is 2. The molecule has 8 heteroatoms. The van der Waals surface area contributed by atoms with E-state index in [1.807, 2.05) is 0 Å². The molecule has 2 saturated carbocycles. The van der Waals surface area contributed by atoms with E-state index in [2.05, 4.69) is 10.6 Å². The molecule has 0 saturated heterocycles. The van der Waals surface area contributed by atoms with E-state index in [-0.39, 0.29) is 18.7 Å². The Morgan fingerprint density at radius 3 is 2.64 bits per heavy atom. The monoisotopic (exact) mass is 400 g/mol. The Bertz CT molecular complexity index is 669. The van der Waals surface area contributed by atoms with Gasteiger partial charge in [0.15, 0.2) is 0 Å². The minimum Gasteiger partial charge on any atom is -0.382 e. The zero-order chi connectivity index (χ0) is 20.2. The standard InChI is InChI=1S/C20H27F3N2O3/c1-27-8-9-28-13-17(14-4-2-5-15(10-14)20(21,22)23)25-18(26)24-16-11-19(12-16)6-3-7-19/h2,4-5,10,16-17H,3,6-9,11-13H2,1H3,(H2,24,25,26). The zero-order valence-electron chi connectivity index (χ0n) is 16.0. The Labute approximate surface area is 163 Å². The molecule has 1 spiro atoms. The van der Waals surface area contributed by atoms with Gasteiger partial charge in [0.1, 0.15) is 0 Å². The number of halogens is 3. The van der Waals surface area contributed by atoms with Gasteiger partial charge in [0.05, 0.1) is 31.4 Å². The van der Waals surface area contributed by atoms with Gasteiger partial charge in [0.2, 0.25) is 0 Å². The third-order valence-electron chi connectivity index (χ3n) is 5.75. The number of nitrogens with one attached hydrogen (secondary N) is 2. The van der Waals surface area contributed by atoms with Gasteiger partial charge in [0.25, 0.3) is 0 Å². The van der Waals surface area contributed by atoms with Crippen molar-refractivity contribution in [2.75, 3.05) is 26.9 Å². The molecule has 0 heterocycles. The van der Waals surface area contributed by atoms with E-state index >= 15 is 0 Å². The molecule has 28 heavy (non-hydrogen) atoms. The Morgan fingerprint density at radius 1 is 1.29 bits per heavy atom. The van der Waals surface area contributed by atoms with Gasteiger partial charge in [-0.1, -0.05) is 18.6 Å². The maximum Gasteiger partial charge on any atom is 0.416 e. The Kier molecular flexibility index (Phi) is 6.50. The first-order valence-electron chi connectivity index (χ1n) is 9.62. The van der Waals surface area contributed by atoms with Crippen molar-refractivity contribution in [1.29, 1.82) is 0 Å². The fourth-order valence-corrected chi connectivity index (χ4v) is 4.05. The zero-order valence-corrected chi connectivity index (χ0v) is 16.0. The predicted molar refractivity (Wildman–Crippen MR) is 97.9 cm³/mol. The number of ether oxygens (including phenoxy) is 2. The summed E-state index contributed by atoms with van der Waals surface area (Å²) in [6.07, 6.45) is 1.25. The molecule has 1 aromatic rings. The van der Waals surface area contributed by atoms with Crippen molar-refractivity contribution in [3.8, 4) is 0 Å². The summed E-state index contributed by atoms with van der Waals surface area (Å²) in [4.78, 5) is 12.4. The van der Waals surface area contributed by atoms with Crippen LogP contribution in [0.1, 0.15) is 49.3 Å². The van der Waals surface area contributed by atoms with Gasteiger partial charge >= 0.3 is 12.2 Å². The average molecular weight is 400 g/mol. The number of alkyl halides is 3. The summed E-state index contributed by atoms with van der Waals surface area (Å²) in [5.41, 5.74) is 0.0354. The van der Waals surface area contributed by atoms with Gasteiger partial charge in [-0.25, -0.2) is 4.79 Å². The van der Waals surface area contributed by atoms with E-state index in [0.717, 1.165) is 25.0 Å². The SMILES string of the molecule is COCCOCC(NC(=O)NC1CC2(CCC2)C1)c1cccc(C(F)(F)F)c1. The van der Waals surface area contributed by atoms with Gasteiger partial charge in [-0.3, -0.25) is 0 Å². The van der Waals surface area contributed by atoms with E-state index in [1.165, 1.54) is 32.4 Å². The molecule has 0 aliphatic heterocycles. The van der Waals surface area contributed by atoms with Crippen LogP contribution < -0.4 is 10.6 Å². The molecular formula is C20H27F3N2O3. The van der Waals surface area contributed by atoms with Crippen molar-refractivity contribution < 1.29 is 27.4 Å². The number of carbonyl (C=O) groups is 1. The lowest BCUT2D eigenvalue weighted by atomic mass is 9.54. The van der Waals surface area contributed by atoms with Gasteiger partial charge in [-0.05, 0) is 48.8 Å². The summed E-state index contributed by atoms with van der Waals surface area (Å²) in [6, 6.07) is 4.04.